The van der Waals surface area contributed by atoms with E-state index in [-0.39, 0.29) is 23.1 Å². The average molecular weight is 323 g/mol. The summed E-state index contributed by atoms with van der Waals surface area (Å²) in [7, 11) is 0. The normalized spacial score (nSPS) is 25.3. The van der Waals surface area contributed by atoms with E-state index >= 15 is 0 Å². The Labute approximate surface area is 139 Å². The lowest BCUT2D eigenvalue weighted by Gasteiger charge is -2.44. The standard InChI is InChI=1S/C17H17N5O2/c18-11-20-12-8-17(9-12)4-6-22(10-17)16(23)15-7-14(21-24-15)13-3-1-2-5-19-13/h1-3,5,7,12,20H,4,6,8-10H2/t12-,17+. The lowest BCUT2D eigenvalue weighted by atomic mass is 9.65. The Morgan fingerprint density at radius 1 is 1.42 bits per heavy atom. The molecule has 1 aliphatic carbocycles. The molecular weight excluding hydrogens is 306 g/mol. The van der Waals surface area contributed by atoms with Gasteiger partial charge < -0.3 is 14.7 Å². The topological polar surface area (TPSA) is 95.1 Å². The van der Waals surface area contributed by atoms with E-state index in [1.807, 2.05) is 29.3 Å². The van der Waals surface area contributed by atoms with E-state index in [0.29, 0.717) is 11.4 Å². The molecular formula is C17H17N5O2. The summed E-state index contributed by atoms with van der Waals surface area (Å²) in [5.41, 5.74) is 1.41. The number of nitriles is 1. The third-order valence-electron chi connectivity index (χ3n) is 5.00. The lowest BCUT2D eigenvalue weighted by Crippen LogP contribution is -2.49. The molecule has 3 heterocycles. The van der Waals surface area contributed by atoms with E-state index in [4.69, 9.17) is 9.78 Å². The second-order valence-electron chi connectivity index (χ2n) is 6.63. The SMILES string of the molecule is N#CN[C@H]1C[C@]2(CCN(C(=O)c3cc(-c4ccccn4)no3)C2)C1. The quantitative estimate of drug-likeness (QED) is 0.683. The van der Waals surface area contributed by atoms with Crippen LogP contribution in [0.5, 0.6) is 0 Å². The second-order valence-corrected chi connectivity index (χ2v) is 6.63. The maximum atomic E-state index is 12.6. The zero-order valence-electron chi connectivity index (χ0n) is 13.1. The molecule has 24 heavy (non-hydrogen) atoms. The number of likely N-dealkylation sites (tertiary alicyclic amines) is 1. The van der Waals surface area contributed by atoms with Crippen molar-refractivity contribution in [2.24, 2.45) is 5.41 Å². The predicted molar refractivity (Wildman–Crippen MR) is 84.5 cm³/mol. The Morgan fingerprint density at radius 3 is 3.04 bits per heavy atom. The number of carbonyl (C=O) groups is 1. The second kappa shape index (κ2) is 5.64. The molecule has 122 valence electrons. The summed E-state index contributed by atoms with van der Waals surface area (Å²) in [4.78, 5) is 18.7. The van der Waals surface area contributed by atoms with Crippen molar-refractivity contribution in [2.45, 2.75) is 25.3 Å². The van der Waals surface area contributed by atoms with E-state index in [0.717, 1.165) is 32.4 Å². The Morgan fingerprint density at radius 2 is 2.29 bits per heavy atom. The highest BCUT2D eigenvalue weighted by Gasteiger charge is 2.49. The molecule has 0 radical (unpaired) electrons. The molecule has 1 amide bonds. The van der Waals surface area contributed by atoms with Crippen LogP contribution in [0, 0.1) is 16.9 Å². The van der Waals surface area contributed by atoms with Crippen molar-refractivity contribution in [1.29, 1.82) is 5.26 Å². The number of aromatic nitrogens is 2. The lowest BCUT2D eigenvalue weighted by molar-refractivity contribution is 0.0646. The number of rotatable bonds is 3. The van der Waals surface area contributed by atoms with Crippen molar-refractivity contribution in [2.75, 3.05) is 13.1 Å². The van der Waals surface area contributed by atoms with Gasteiger partial charge in [0.2, 0.25) is 5.76 Å². The zero-order chi connectivity index (χ0) is 16.6. The van der Waals surface area contributed by atoms with Crippen LogP contribution >= 0.6 is 0 Å². The number of nitrogens with one attached hydrogen (secondary N) is 1. The molecule has 1 saturated carbocycles. The zero-order valence-corrected chi connectivity index (χ0v) is 13.1. The summed E-state index contributed by atoms with van der Waals surface area (Å²) in [6, 6.07) is 7.42. The van der Waals surface area contributed by atoms with Crippen LogP contribution in [0.4, 0.5) is 0 Å². The molecule has 1 saturated heterocycles. The summed E-state index contributed by atoms with van der Waals surface area (Å²) >= 11 is 0. The molecule has 0 bridgehead atoms. The first kappa shape index (κ1) is 14.7. The molecule has 2 aliphatic rings. The van der Waals surface area contributed by atoms with Gasteiger partial charge in [0.15, 0.2) is 6.19 Å². The Hall–Kier alpha value is -2.88. The van der Waals surface area contributed by atoms with Crippen molar-refractivity contribution >= 4 is 5.91 Å². The van der Waals surface area contributed by atoms with Gasteiger partial charge in [-0.05, 0) is 36.8 Å². The summed E-state index contributed by atoms with van der Waals surface area (Å²) in [5, 5.41) is 15.4. The summed E-state index contributed by atoms with van der Waals surface area (Å²) in [6.07, 6.45) is 6.54. The van der Waals surface area contributed by atoms with Crippen LogP contribution in [0.3, 0.4) is 0 Å². The number of nitrogens with zero attached hydrogens (tertiary/aromatic N) is 4. The fourth-order valence-electron chi connectivity index (χ4n) is 3.79. The van der Waals surface area contributed by atoms with Crippen molar-refractivity contribution in [3.05, 3.63) is 36.2 Å². The molecule has 7 heteroatoms. The first-order valence-electron chi connectivity index (χ1n) is 8.01. The van der Waals surface area contributed by atoms with Crippen LogP contribution in [-0.2, 0) is 0 Å². The van der Waals surface area contributed by atoms with Crippen LogP contribution in [0.1, 0.15) is 29.8 Å². The van der Waals surface area contributed by atoms with Crippen LogP contribution in [-0.4, -0.2) is 40.1 Å². The molecule has 2 aromatic heterocycles. The monoisotopic (exact) mass is 323 g/mol. The first-order valence-corrected chi connectivity index (χ1v) is 8.01. The summed E-state index contributed by atoms with van der Waals surface area (Å²) in [5.74, 6) is 0.122. The molecule has 2 fully saturated rings. The fourth-order valence-corrected chi connectivity index (χ4v) is 3.79. The Bertz CT molecular complexity index is 789. The number of hydrogen-bond donors (Lipinski definition) is 1. The fraction of sp³-hybridized carbons (Fsp3) is 0.412. The van der Waals surface area contributed by atoms with Gasteiger partial charge in [-0.2, -0.15) is 5.26 Å². The van der Waals surface area contributed by atoms with E-state index in [2.05, 4.69) is 15.5 Å². The highest BCUT2D eigenvalue weighted by Crippen LogP contribution is 2.48. The average Bonchev–Trinajstić information content (AvgIpc) is 3.23. The van der Waals surface area contributed by atoms with E-state index in [9.17, 15) is 4.79 Å². The molecule has 7 nitrogen and oxygen atoms in total. The van der Waals surface area contributed by atoms with Crippen LogP contribution in [0.25, 0.3) is 11.4 Å². The minimum Gasteiger partial charge on any atom is -0.350 e. The van der Waals surface area contributed by atoms with Crippen molar-refractivity contribution in [1.82, 2.24) is 20.4 Å². The van der Waals surface area contributed by atoms with Gasteiger partial charge in [-0.1, -0.05) is 11.2 Å². The molecule has 1 spiro atoms. The van der Waals surface area contributed by atoms with E-state index in [1.165, 1.54) is 0 Å². The van der Waals surface area contributed by atoms with Crippen molar-refractivity contribution in [3.63, 3.8) is 0 Å². The number of hydrogen-bond acceptors (Lipinski definition) is 6. The van der Waals surface area contributed by atoms with E-state index < -0.39 is 0 Å². The molecule has 0 unspecified atom stereocenters. The molecule has 0 atom stereocenters. The summed E-state index contributed by atoms with van der Waals surface area (Å²) < 4.78 is 5.24. The third-order valence-corrected chi connectivity index (χ3v) is 5.00. The van der Waals surface area contributed by atoms with E-state index in [1.54, 1.807) is 12.3 Å². The van der Waals surface area contributed by atoms with Crippen molar-refractivity contribution in [3.8, 4) is 17.6 Å². The molecule has 1 aliphatic heterocycles. The van der Waals surface area contributed by atoms with Crippen molar-refractivity contribution < 1.29 is 9.32 Å². The number of carbonyl (C=O) groups excluding carboxylic acids is 1. The Balaban J connectivity index is 1.43. The smallest absolute Gasteiger partial charge is 0.292 e. The van der Waals surface area contributed by atoms with Crippen LogP contribution in [0.15, 0.2) is 35.0 Å². The van der Waals surface area contributed by atoms with Crippen LogP contribution in [0.2, 0.25) is 0 Å². The number of amides is 1. The Kier molecular flexibility index (Phi) is 3.45. The highest BCUT2D eigenvalue weighted by atomic mass is 16.5. The molecule has 0 aromatic carbocycles. The minimum absolute atomic E-state index is 0.127. The van der Waals surface area contributed by atoms with Gasteiger partial charge in [0, 0.05) is 31.4 Å². The van der Waals surface area contributed by atoms with Gasteiger partial charge in [-0.3, -0.25) is 9.78 Å². The summed E-state index contributed by atoms with van der Waals surface area (Å²) in [6.45, 7) is 1.44. The molecule has 2 aromatic rings. The number of pyridine rings is 1. The highest BCUT2D eigenvalue weighted by molar-refractivity contribution is 5.92. The van der Waals surface area contributed by atoms with Gasteiger partial charge in [0.05, 0.1) is 5.69 Å². The molecule has 1 N–H and O–H groups in total. The predicted octanol–water partition coefficient (Wildman–Crippen LogP) is 1.80. The van der Waals surface area contributed by atoms with Gasteiger partial charge in [-0.25, -0.2) is 0 Å². The van der Waals surface area contributed by atoms with Crippen LogP contribution < -0.4 is 5.32 Å². The third kappa shape index (κ3) is 2.50. The van der Waals surface area contributed by atoms with Gasteiger partial charge in [0.25, 0.3) is 5.91 Å². The van der Waals surface area contributed by atoms with Gasteiger partial charge >= 0.3 is 0 Å². The minimum atomic E-state index is -0.127. The largest absolute Gasteiger partial charge is 0.350 e. The maximum Gasteiger partial charge on any atom is 0.292 e. The molecule has 4 rings (SSSR count). The first-order chi connectivity index (χ1) is 11.7. The van der Waals surface area contributed by atoms with Gasteiger partial charge in [-0.15, -0.1) is 0 Å². The maximum absolute atomic E-state index is 12.6. The van der Waals surface area contributed by atoms with Gasteiger partial charge in [0.1, 0.15) is 5.69 Å².